The zero-order chi connectivity index (χ0) is 17.0. The van der Waals surface area contributed by atoms with Gasteiger partial charge in [-0.2, -0.15) is 0 Å². The average molecular weight is 315 g/mol. The molecule has 2 rings (SSSR count). The van der Waals surface area contributed by atoms with E-state index in [1.54, 1.807) is 14.2 Å². The van der Waals surface area contributed by atoms with E-state index in [-0.39, 0.29) is 0 Å². The van der Waals surface area contributed by atoms with Crippen molar-refractivity contribution in [2.75, 3.05) is 26.2 Å². The molecule has 0 aliphatic rings. The summed E-state index contributed by atoms with van der Waals surface area (Å²) in [6.07, 6.45) is 0. The second-order valence-electron chi connectivity index (χ2n) is 5.84. The first-order valence-corrected chi connectivity index (χ1v) is 7.63. The molecular formula is C18H25N3O2. The molecule has 0 amide bonds. The van der Waals surface area contributed by atoms with Crippen LogP contribution in [0.5, 0.6) is 5.75 Å². The van der Waals surface area contributed by atoms with Gasteiger partial charge in [0.05, 0.1) is 7.11 Å². The lowest BCUT2D eigenvalue weighted by Crippen LogP contribution is -2.19. The SMILES string of the molecule is COCc1nc(C)cc(N(C)Cc2cc(C)c(OC)c(C)c2)n1. The Hall–Kier alpha value is -2.14. The predicted octanol–water partition coefficient (Wildman–Crippen LogP) is 3.19. The zero-order valence-electron chi connectivity index (χ0n) is 14.8. The van der Waals surface area contributed by atoms with Gasteiger partial charge in [0, 0.05) is 32.5 Å². The van der Waals surface area contributed by atoms with E-state index in [9.17, 15) is 0 Å². The third-order valence-electron chi connectivity index (χ3n) is 3.70. The summed E-state index contributed by atoms with van der Waals surface area (Å²) < 4.78 is 10.6. The summed E-state index contributed by atoms with van der Waals surface area (Å²) in [7, 11) is 5.40. The first-order valence-electron chi connectivity index (χ1n) is 7.63. The Bertz CT molecular complexity index is 663. The highest BCUT2D eigenvalue weighted by atomic mass is 16.5. The fraction of sp³-hybridized carbons (Fsp3) is 0.444. The van der Waals surface area contributed by atoms with Crippen LogP contribution in [0.25, 0.3) is 0 Å². The number of aromatic nitrogens is 2. The molecule has 0 N–H and O–H groups in total. The van der Waals surface area contributed by atoms with Crippen LogP contribution in [-0.2, 0) is 17.9 Å². The van der Waals surface area contributed by atoms with Crippen molar-refractivity contribution in [3.8, 4) is 5.75 Å². The Balaban J connectivity index is 2.23. The summed E-state index contributed by atoms with van der Waals surface area (Å²) in [5.74, 6) is 2.56. The lowest BCUT2D eigenvalue weighted by Gasteiger charge is -2.20. The summed E-state index contributed by atoms with van der Waals surface area (Å²) in [5.41, 5.74) is 4.47. The number of ether oxygens (including phenoxy) is 2. The van der Waals surface area contributed by atoms with Gasteiger partial charge >= 0.3 is 0 Å². The van der Waals surface area contributed by atoms with Crippen molar-refractivity contribution in [3.05, 3.63) is 46.4 Å². The Morgan fingerprint density at radius 1 is 1.00 bits per heavy atom. The molecule has 0 saturated heterocycles. The van der Waals surface area contributed by atoms with Crippen molar-refractivity contribution in [3.63, 3.8) is 0 Å². The summed E-state index contributed by atoms with van der Waals surface area (Å²) in [5, 5.41) is 0. The van der Waals surface area contributed by atoms with E-state index >= 15 is 0 Å². The van der Waals surface area contributed by atoms with Crippen LogP contribution in [0, 0.1) is 20.8 Å². The third-order valence-corrected chi connectivity index (χ3v) is 3.70. The third kappa shape index (κ3) is 4.20. The van der Waals surface area contributed by atoms with Gasteiger partial charge in [0.2, 0.25) is 0 Å². The van der Waals surface area contributed by atoms with Crippen molar-refractivity contribution < 1.29 is 9.47 Å². The summed E-state index contributed by atoms with van der Waals surface area (Å²) >= 11 is 0. The Kier molecular flexibility index (Phi) is 5.55. The minimum absolute atomic E-state index is 0.420. The predicted molar refractivity (Wildman–Crippen MR) is 92.1 cm³/mol. The van der Waals surface area contributed by atoms with Crippen LogP contribution in [0.3, 0.4) is 0 Å². The second-order valence-corrected chi connectivity index (χ2v) is 5.84. The van der Waals surface area contributed by atoms with E-state index < -0.39 is 0 Å². The van der Waals surface area contributed by atoms with Crippen LogP contribution in [0.15, 0.2) is 18.2 Å². The Morgan fingerprint density at radius 2 is 1.65 bits per heavy atom. The number of hydrogen-bond acceptors (Lipinski definition) is 5. The largest absolute Gasteiger partial charge is 0.496 e. The van der Waals surface area contributed by atoms with Gasteiger partial charge in [-0.1, -0.05) is 12.1 Å². The van der Waals surface area contributed by atoms with Crippen molar-refractivity contribution in [1.82, 2.24) is 9.97 Å². The summed E-state index contributed by atoms with van der Waals surface area (Å²) in [6.45, 7) is 7.30. The van der Waals surface area contributed by atoms with Gasteiger partial charge < -0.3 is 14.4 Å². The molecule has 1 heterocycles. The van der Waals surface area contributed by atoms with Gasteiger partial charge in [0.15, 0.2) is 5.82 Å². The van der Waals surface area contributed by atoms with Crippen molar-refractivity contribution >= 4 is 5.82 Å². The lowest BCUT2D eigenvalue weighted by molar-refractivity contribution is 0.177. The van der Waals surface area contributed by atoms with Gasteiger partial charge in [-0.15, -0.1) is 0 Å². The highest BCUT2D eigenvalue weighted by Gasteiger charge is 2.10. The maximum Gasteiger partial charge on any atom is 0.156 e. The van der Waals surface area contributed by atoms with Gasteiger partial charge in [0.25, 0.3) is 0 Å². The van der Waals surface area contributed by atoms with Crippen LogP contribution in [-0.4, -0.2) is 31.2 Å². The molecule has 0 spiro atoms. The molecule has 5 nitrogen and oxygen atoms in total. The topological polar surface area (TPSA) is 47.5 Å². The molecule has 2 aromatic rings. The molecule has 0 unspecified atom stereocenters. The lowest BCUT2D eigenvalue weighted by atomic mass is 10.1. The highest BCUT2D eigenvalue weighted by Crippen LogP contribution is 2.25. The fourth-order valence-corrected chi connectivity index (χ4v) is 2.81. The second kappa shape index (κ2) is 7.42. The van der Waals surface area contributed by atoms with Gasteiger partial charge in [-0.3, -0.25) is 0 Å². The molecule has 0 bridgehead atoms. The maximum absolute atomic E-state index is 5.43. The molecule has 0 saturated carbocycles. The minimum Gasteiger partial charge on any atom is -0.496 e. The molecule has 0 fully saturated rings. The Labute approximate surface area is 138 Å². The van der Waals surface area contributed by atoms with Crippen LogP contribution in [0.1, 0.15) is 28.2 Å². The monoisotopic (exact) mass is 315 g/mol. The molecule has 124 valence electrons. The molecule has 1 aromatic carbocycles. The van der Waals surface area contributed by atoms with Crippen molar-refractivity contribution in [2.24, 2.45) is 0 Å². The zero-order valence-corrected chi connectivity index (χ0v) is 14.8. The summed E-state index contributed by atoms with van der Waals surface area (Å²) in [6, 6.07) is 6.31. The number of rotatable bonds is 6. The normalized spacial score (nSPS) is 10.7. The highest BCUT2D eigenvalue weighted by molar-refractivity contribution is 5.46. The number of hydrogen-bond donors (Lipinski definition) is 0. The van der Waals surface area contributed by atoms with E-state index in [0.717, 1.165) is 34.9 Å². The van der Waals surface area contributed by atoms with E-state index in [1.165, 1.54) is 5.56 Å². The van der Waals surface area contributed by atoms with E-state index in [1.807, 2.05) is 20.0 Å². The van der Waals surface area contributed by atoms with Crippen LogP contribution >= 0.6 is 0 Å². The Morgan fingerprint density at radius 3 is 2.22 bits per heavy atom. The van der Waals surface area contributed by atoms with E-state index in [2.05, 4.69) is 40.8 Å². The van der Waals surface area contributed by atoms with Crippen molar-refractivity contribution in [2.45, 2.75) is 33.9 Å². The molecule has 23 heavy (non-hydrogen) atoms. The van der Waals surface area contributed by atoms with E-state index in [0.29, 0.717) is 12.4 Å². The van der Waals surface area contributed by atoms with Crippen LogP contribution in [0.2, 0.25) is 0 Å². The van der Waals surface area contributed by atoms with Crippen LogP contribution in [0.4, 0.5) is 5.82 Å². The standard InChI is InChI=1S/C18H25N3O2/c1-12-7-15(8-13(2)18(12)23-6)10-21(4)17-9-14(3)19-16(20-17)11-22-5/h7-9H,10-11H2,1-6H3. The first kappa shape index (κ1) is 17.2. The minimum atomic E-state index is 0.420. The van der Waals surface area contributed by atoms with E-state index in [4.69, 9.17) is 9.47 Å². The summed E-state index contributed by atoms with van der Waals surface area (Å²) in [4.78, 5) is 11.1. The molecule has 0 radical (unpaired) electrons. The first-order chi connectivity index (χ1) is 10.9. The number of benzene rings is 1. The van der Waals surface area contributed by atoms with Gasteiger partial charge in [-0.25, -0.2) is 9.97 Å². The quantitative estimate of drug-likeness (QED) is 0.819. The smallest absolute Gasteiger partial charge is 0.156 e. The average Bonchev–Trinajstić information content (AvgIpc) is 2.46. The number of methoxy groups -OCH3 is 2. The molecule has 0 aliphatic carbocycles. The number of nitrogens with zero attached hydrogens (tertiary/aromatic N) is 3. The fourth-order valence-electron chi connectivity index (χ4n) is 2.81. The maximum atomic E-state index is 5.43. The number of aryl methyl sites for hydroxylation is 3. The molecule has 0 atom stereocenters. The van der Waals surface area contributed by atoms with Gasteiger partial charge in [-0.05, 0) is 37.5 Å². The van der Waals surface area contributed by atoms with Crippen molar-refractivity contribution in [1.29, 1.82) is 0 Å². The molecular weight excluding hydrogens is 290 g/mol. The molecule has 0 aliphatic heterocycles. The number of anilines is 1. The van der Waals surface area contributed by atoms with Gasteiger partial charge in [0.1, 0.15) is 18.2 Å². The van der Waals surface area contributed by atoms with Crippen LogP contribution < -0.4 is 9.64 Å². The molecule has 5 heteroatoms. The molecule has 1 aromatic heterocycles.